The minimum Gasteiger partial charge on any atom is -0.507 e. The Bertz CT molecular complexity index is 1320. The Morgan fingerprint density at radius 3 is 2.44 bits per heavy atom. The summed E-state index contributed by atoms with van der Waals surface area (Å²) in [4.78, 5) is 16.0. The lowest BCUT2D eigenvalue weighted by molar-refractivity contribution is 0.102. The van der Waals surface area contributed by atoms with E-state index < -0.39 is 0 Å². The predicted octanol–water partition coefficient (Wildman–Crippen LogP) is 5.43. The number of aromatic hydroxyl groups is 1. The van der Waals surface area contributed by atoms with Crippen LogP contribution in [0.2, 0.25) is 0 Å². The van der Waals surface area contributed by atoms with Gasteiger partial charge in [-0.2, -0.15) is 0 Å². The number of hydrogen-bond donors (Lipinski definition) is 3. The smallest absolute Gasteiger partial charge is 0.259 e. The first-order valence-corrected chi connectivity index (χ1v) is 8.73. The molecule has 1 amide bonds. The van der Waals surface area contributed by atoms with E-state index in [1.807, 2.05) is 60.7 Å². The number of hydrogen-bond acceptors (Lipinski definition) is 2. The number of H-pyrrole nitrogens is 1. The summed E-state index contributed by atoms with van der Waals surface area (Å²) < 4.78 is 0. The van der Waals surface area contributed by atoms with Crippen molar-refractivity contribution in [2.75, 3.05) is 5.32 Å². The van der Waals surface area contributed by atoms with Gasteiger partial charge in [0.15, 0.2) is 0 Å². The van der Waals surface area contributed by atoms with E-state index in [-0.39, 0.29) is 17.2 Å². The van der Waals surface area contributed by atoms with Gasteiger partial charge in [0.1, 0.15) is 5.75 Å². The van der Waals surface area contributed by atoms with Crippen LogP contribution < -0.4 is 5.32 Å². The van der Waals surface area contributed by atoms with E-state index in [0.717, 1.165) is 32.6 Å². The summed E-state index contributed by atoms with van der Waals surface area (Å²) >= 11 is 0. The molecule has 0 aliphatic rings. The van der Waals surface area contributed by atoms with E-state index in [0.29, 0.717) is 5.69 Å². The molecule has 4 nitrogen and oxygen atoms in total. The normalized spacial score (nSPS) is 11.3. The molecular weight excluding hydrogens is 336 g/mol. The molecule has 5 rings (SSSR count). The van der Waals surface area contributed by atoms with Gasteiger partial charge < -0.3 is 15.4 Å². The lowest BCUT2D eigenvalue weighted by Gasteiger charge is -2.09. The highest BCUT2D eigenvalue weighted by atomic mass is 16.3. The third kappa shape index (κ3) is 2.50. The van der Waals surface area contributed by atoms with Crippen molar-refractivity contribution in [3.63, 3.8) is 0 Å². The molecule has 1 aromatic heterocycles. The fraction of sp³-hybridized carbons (Fsp3) is 0. The molecule has 130 valence electrons. The SMILES string of the molecule is O=C(Nc1ccccc1)c1cc2ccc3c4ccccc4[nH]c3c2cc1O. The van der Waals surface area contributed by atoms with E-state index in [9.17, 15) is 9.90 Å². The van der Waals surface area contributed by atoms with Gasteiger partial charge in [-0.3, -0.25) is 4.79 Å². The van der Waals surface area contributed by atoms with Gasteiger partial charge in [0.25, 0.3) is 5.91 Å². The Balaban J connectivity index is 1.65. The molecule has 3 N–H and O–H groups in total. The summed E-state index contributed by atoms with van der Waals surface area (Å²) in [5, 5.41) is 17.3. The molecule has 4 aromatic carbocycles. The highest BCUT2D eigenvalue weighted by Crippen LogP contribution is 2.34. The van der Waals surface area contributed by atoms with Crippen LogP contribution in [0.5, 0.6) is 5.75 Å². The van der Waals surface area contributed by atoms with Crippen molar-refractivity contribution >= 4 is 44.2 Å². The topological polar surface area (TPSA) is 65.1 Å². The number of nitrogens with one attached hydrogen (secondary N) is 2. The van der Waals surface area contributed by atoms with Crippen LogP contribution in [0.15, 0.2) is 78.9 Å². The Morgan fingerprint density at radius 2 is 1.59 bits per heavy atom. The van der Waals surface area contributed by atoms with Crippen molar-refractivity contribution in [2.45, 2.75) is 0 Å². The van der Waals surface area contributed by atoms with Crippen molar-refractivity contribution < 1.29 is 9.90 Å². The Morgan fingerprint density at radius 1 is 0.815 bits per heavy atom. The number of para-hydroxylation sites is 2. The Kier molecular flexibility index (Phi) is 3.37. The van der Waals surface area contributed by atoms with Crippen molar-refractivity contribution in [1.29, 1.82) is 0 Å². The molecule has 0 bridgehead atoms. The van der Waals surface area contributed by atoms with Crippen molar-refractivity contribution in [2.24, 2.45) is 0 Å². The summed E-state index contributed by atoms with van der Waals surface area (Å²) in [6, 6.07) is 24.7. The molecule has 0 unspecified atom stereocenters. The number of rotatable bonds is 2. The summed E-state index contributed by atoms with van der Waals surface area (Å²) in [7, 11) is 0. The number of aromatic nitrogens is 1. The standard InChI is InChI=1S/C23H16N2O2/c26-21-13-18-14(12-19(21)23(27)24-15-6-2-1-3-7-15)10-11-17-16-8-4-5-9-20(16)25-22(17)18/h1-13,25-26H,(H,24,27). The number of benzene rings is 4. The van der Waals surface area contributed by atoms with E-state index >= 15 is 0 Å². The molecule has 0 atom stereocenters. The van der Waals surface area contributed by atoms with Crippen LogP contribution in [0, 0.1) is 0 Å². The van der Waals surface area contributed by atoms with Crippen LogP contribution in [0.4, 0.5) is 5.69 Å². The van der Waals surface area contributed by atoms with Gasteiger partial charge >= 0.3 is 0 Å². The van der Waals surface area contributed by atoms with Crippen molar-refractivity contribution in [3.8, 4) is 5.75 Å². The van der Waals surface area contributed by atoms with Gasteiger partial charge in [0.2, 0.25) is 0 Å². The summed E-state index contributed by atoms with van der Waals surface area (Å²) in [6.45, 7) is 0. The number of fused-ring (bicyclic) bond motifs is 5. The molecule has 0 radical (unpaired) electrons. The third-order valence-electron chi connectivity index (χ3n) is 4.89. The fourth-order valence-electron chi connectivity index (χ4n) is 3.58. The highest BCUT2D eigenvalue weighted by molar-refractivity contribution is 6.18. The average Bonchev–Trinajstić information content (AvgIpc) is 3.07. The molecule has 5 aromatic rings. The first-order valence-electron chi connectivity index (χ1n) is 8.73. The van der Waals surface area contributed by atoms with Gasteiger partial charge in [-0.05, 0) is 35.7 Å². The molecule has 27 heavy (non-hydrogen) atoms. The lowest BCUT2D eigenvalue weighted by atomic mass is 10.0. The van der Waals surface area contributed by atoms with Gasteiger partial charge in [-0.1, -0.05) is 48.5 Å². The first-order chi connectivity index (χ1) is 13.2. The second-order valence-corrected chi connectivity index (χ2v) is 6.57. The maximum absolute atomic E-state index is 12.6. The summed E-state index contributed by atoms with van der Waals surface area (Å²) in [5.74, 6) is -0.376. The number of aromatic amines is 1. The monoisotopic (exact) mass is 352 g/mol. The van der Waals surface area contributed by atoms with Gasteiger partial charge in [0.05, 0.1) is 11.1 Å². The van der Waals surface area contributed by atoms with Crippen LogP contribution in [-0.2, 0) is 0 Å². The van der Waals surface area contributed by atoms with Crippen LogP contribution in [0.3, 0.4) is 0 Å². The summed E-state index contributed by atoms with van der Waals surface area (Å²) in [6.07, 6.45) is 0. The molecular formula is C23H16N2O2. The number of phenols is 1. The Labute approximate surface area is 155 Å². The first kappa shape index (κ1) is 15.5. The van der Waals surface area contributed by atoms with Crippen molar-refractivity contribution in [3.05, 3.63) is 84.4 Å². The van der Waals surface area contributed by atoms with E-state index in [1.165, 1.54) is 0 Å². The maximum Gasteiger partial charge on any atom is 0.259 e. The quantitative estimate of drug-likeness (QED) is 0.396. The maximum atomic E-state index is 12.6. The third-order valence-corrected chi connectivity index (χ3v) is 4.89. The minimum atomic E-state index is -0.336. The zero-order chi connectivity index (χ0) is 18.4. The molecule has 0 aliphatic carbocycles. The van der Waals surface area contributed by atoms with Crippen LogP contribution in [-0.4, -0.2) is 16.0 Å². The zero-order valence-electron chi connectivity index (χ0n) is 14.4. The Hall–Kier alpha value is -3.79. The second-order valence-electron chi connectivity index (χ2n) is 6.57. The number of phenolic OH excluding ortho intramolecular Hbond substituents is 1. The lowest BCUT2D eigenvalue weighted by Crippen LogP contribution is -2.12. The van der Waals surface area contributed by atoms with E-state index in [4.69, 9.17) is 0 Å². The molecule has 0 spiro atoms. The van der Waals surface area contributed by atoms with Crippen molar-refractivity contribution in [1.82, 2.24) is 4.98 Å². The minimum absolute atomic E-state index is 0.0397. The summed E-state index contributed by atoms with van der Waals surface area (Å²) in [5.41, 5.74) is 2.94. The molecule has 4 heteroatoms. The number of carbonyl (C=O) groups is 1. The highest BCUT2D eigenvalue weighted by Gasteiger charge is 2.15. The van der Waals surface area contributed by atoms with Crippen LogP contribution in [0.1, 0.15) is 10.4 Å². The fourth-order valence-corrected chi connectivity index (χ4v) is 3.58. The van der Waals surface area contributed by atoms with Gasteiger partial charge in [-0.25, -0.2) is 0 Å². The average molecular weight is 352 g/mol. The van der Waals surface area contributed by atoms with E-state index in [1.54, 1.807) is 12.1 Å². The van der Waals surface area contributed by atoms with E-state index in [2.05, 4.69) is 16.4 Å². The second kappa shape index (κ2) is 5.88. The van der Waals surface area contributed by atoms with Gasteiger partial charge in [0, 0.05) is 27.4 Å². The number of anilines is 1. The molecule has 0 fully saturated rings. The molecule has 0 saturated heterocycles. The predicted molar refractivity (Wildman–Crippen MR) is 109 cm³/mol. The van der Waals surface area contributed by atoms with Crippen LogP contribution in [0.25, 0.3) is 32.6 Å². The van der Waals surface area contributed by atoms with Gasteiger partial charge in [-0.15, -0.1) is 0 Å². The van der Waals surface area contributed by atoms with Crippen LogP contribution >= 0.6 is 0 Å². The molecule has 1 heterocycles. The largest absolute Gasteiger partial charge is 0.507 e. The molecule has 0 aliphatic heterocycles. The zero-order valence-corrected chi connectivity index (χ0v) is 14.4. The molecule has 0 saturated carbocycles. The number of carbonyl (C=O) groups excluding carboxylic acids is 1. The number of amides is 1.